The lowest BCUT2D eigenvalue weighted by atomic mass is 9.86. The molecular formula is C21H23N3O2S. The van der Waals surface area contributed by atoms with Gasteiger partial charge < -0.3 is 4.74 Å². The van der Waals surface area contributed by atoms with Crippen LogP contribution in [0.3, 0.4) is 0 Å². The van der Waals surface area contributed by atoms with Gasteiger partial charge in [-0.2, -0.15) is 0 Å². The standard InChI is InChI=1S/C21H23N3O2S/c1-21(2,3)15-11-9-14(10-12-15)17-13-27-20(22-17)24-23-19(25)16-7-5-6-8-18(16)26-4/h5-13H,1-4H3,(H,22,24)(H,23,25). The first-order chi connectivity index (χ1) is 12.9. The van der Waals surface area contributed by atoms with Gasteiger partial charge in [-0.05, 0) is 23.1 Å². The Morgan fingerprint density at radius 1 is 1.07 bits per heavy atom. The number of carbonyl (C=O) groups is 1. The van der Waals surface area contributed by atoms with Crippen molar-refractivity contribution in [2.45, 2.75) is 26.2 Å². The second-order valence-corrected chi connectivity index (χ2v) is 8.00. The van der Waals surface area contributed by atoms with Crippen LogP contribution in [0.5, 0.6) is 5.75 Å². The molecular weight excluding hydrogens is 358 g/mol. The van der Waals surface area contributed by atoms with Crippen LogP contribution in [0.1, 0.15) is 36.7 Å². The van der Waals surface area contributed by atoms with Crippen molar-refractivity contribution in [1.29, 1.82) is 0 Å². The molecule has 0 spiro atoms. The molecule has 2 N–H and O–H groups in total. The summed E-state index contributed by atoms with van der Waals surface area (Å²) >= 11 is 1.43. The predicted molar refractivity (Wildman–Crippen MR) is 110 cm³/mol. The first-order valence-electron chi connectivity index (χ1n) is 8.64. The number of aromatic nitrogens is 1. The van der Waals surface area contributed by atoms with Gasteiger partial charge in [-0.3, -0.25) is 15.6 Å². The molecule has 6 heteroatoms. The number of carbonyl (C=O) groups excluding carboxylic acids is 1. The number of amides is 1. The minimum Gasteiger partial charge on any atom is -0.496 e. The summed E-state index contributed by atoms with van der Waals surface area (Å²) in [4.78, 5) is 16.9. The number of methoxy groups -OCH3 is 1. The molecule has 27 heavy (non-hydrogen) atoms. The first kappa shape index (κ1) is 18.9. The minimum atomic E-state index is -0.279. The van der Waals surface area contributed by atoms with E-state index < -0.39 is 0 Å². The summed E-state index contributed by atoms with van der Waals surface area (Å²) in [7, 11) is 1.54. The Labute approximate surface area is 163 Å². The number of nitrogens with one attached hydrogen (secondary N) is 2. The van der Waals surface area contributed by atoms with Crippen molar-refractivity contribution < 1.29 is 9.53 Å². The van der Waals surface area contributed by atoms with Gasteiger partial charge in [-0.15, -0.1) is 11.3 Å². The number of nitrogens with zero attached hydrogens (tertiary/aromatic N) is 1. The molecule has 0 aliphatic rings. The number of ether oxygens (including phenoxy) is 1. The maximum Gasteiger partial charge on any atom is 0.273 e. The fourth-order valence-corrected chi connectivity index (χ4v) is 3.29. The third kappa shape index (κ3) is 4.46. The maximum absolute atomic E-state index is 12.3. The van der Waals surface area contributed by atoms with Gasteiger partial charge in [0, 0.05) is 10.9 Å². The van der Waals surface area contributed by atoms with Crippen LogP contribution in [0.4, 0.5) is 5.13 Å². The third-order valence-corrected chi connectivity index (χ3v) is 4.94. The summed E-state index contributed by atoms with van der Waals surface area (Å²) in [5, 5.41) is 2.58. The van der Waals surface area contributed by atoms with Crippen LogP contribution in [0.25, 0.3) is 11.3 Å². The second-order valence-electron chi connectivity index (χ2n) is 7.14. The summed E-state index contributed by atoms with van der Waals surface area (Å²) < 4.78 is 5.21. The van der Waals surface area contributed by atoms with E-state index in [-0.39, 0.29) is 11.3 Å². The van der Waals surface area contributed by atoms with Crippen LogP contribution < -0.4 is 15.6 Å². The number of para-hydroxylation sites is 1. The predicted octanol–water partition coefficient (Wildman–Crippen LogP) is 4.87. The zero-order chi connectivity index (χ0) is 19.4. The summed E-state index contributed by atoms with van der Waals surface area (Å²) in [5.41, 5.74) is 9.31. The molecule has 140 valence electrons. The molecule has 1 aromatic heterocycles. The van der Waals surface area contributed by atoms with Crippen molar-refractivity contribution >= 4 is 22.4 Å². The average Bonchev–Trinajstić information content (AvgIpc) is 3.14. The van der Waals surface area contributed by atoms with Crippen molar-refractivity contribution in [3.8, 4) is 17.0 Å². The lowest BCUT2D eigenvalue weighted by molar-refractivity contribution is 0.0959. The Balaban J connectivity index is 1.67. The van der Waals surface area contributed by atoms with Gasteiger partial charge in [0.2, 0.25) is 5.13 Å². The number of thiazole rings is 1. The summed E-state index contributed by atoms with van der Waals surface area (Å²) in [6.45, 7) is 6.58. The van der Waals surface area contributed by atoms with Gasteiger partial charge in [-0.1, -0.05) is 57.2 Å². The Morgan fingerprint density at radius 2 is 1.78 bits per heavy atom. The minimum absolute atomic E-state index is 0.121. The van der Waals surface area contributed by atoms with E-state index in [9.17, 15) is 4.79 Å². The summed E-state index contributed by atoms with van der Waals surface area (Å²) in [5.74, 6) is 0.245. The van der Waals surface area contributed by atoms with Gasteiger partial charge in [0.15, 0.2) is 0 Å². The SMILES string of the molecule is COc1ccccc1C(=O)NNc1nc(-c2ccc(C(C)(C)C)cc2)cs1. The zero-order valence-corrected chi connectivity index (χ0v) is 16.7. The van der Waals surface area contributed by atoms with E-state index in [1.54, 1.807) is 18.2 Å². The number of benzene rings is 2. The van der Waals surface area contributed by atoms with E-state index in [2.05, 4.69) is 60.9 Å². The maximum atomic E-state index is 12.3. The van der Waals surface area contributed by atoms with Crippen molar-refractivity contribution in [1.82, 2.24) is 10.4 Å². The van der Waals surface area contributed by atoms with Crippen LogP contribution >= 0.6 is 11.3 Å². The van der Waals surface area contributed by atoms with Crippen LogP contribution in [0, 0.1) is 0 Å². The zero-order valence-electron chi connectivity index (χ0n) is 15.9. The third-order valence-electron chi connectivity index (χ3n) is 4.19. The molecule has 1 heterocycles. The molecule has 0 aliphatic carbocycles. The number of hydrogen-bond donors (Lipinski definition) is 2. The molecule has 5 nitrogen and oxygen atoms in total. The molecule has 0 radical (unpaired) electrons. The molecule has 0 saturated heterocycles. The van der Waals surface area contributed by atoms with Gasteiger partial charge >= 0.3 is 0 Å². The largest absolute Gasteiger partial charge is 0.496 e. The van der Waals surface area contributed by atoms with Crippen LogP contribution in [-0.4, -0.2) is 18.0 Å². The number of rotatable bonds is 5. The van der Waals surface area contributed by atoms with Crippen molar-refractivity contribution in [2.24, 2.45) is 0 Å². The Morgan fingerprint density at radius 3 is 2.44 bits per heavy atom. The molecule has 3 aromatic rings. The van der Waals surface area contributed by atoms with Gasteiger partial charge in [0.1, 0.15) is 5.75 Å². The molecule has 0 fully saturated rings. The smallest absolute Gasteiger partial charge is 0.273 e. The Hall–Kier alpha value is -2.86. The van der Waals surface area contributed by atoms with E-state index >= 15 is 0 Å². The van der Waals surface area contributed by atoms with E-state index in [0.717, 1.165) is 11.3 Å². The van der Waals surface area contributed by atoms with Crippen LogP contribution in [0.2, 0.25) is 0 Å². The van der Waals surface area contributed by atoms with E-state index in [1.165, 1.54) is 24.0 Å². The second kappa shape index (κ2) is 7.80. The molecule has 0 atom stereocenters. The van der Waals surface area contributed by atoms with Gasteiger partial charge in [0.05, 0.1) is 18.4 Å². The quantitative estimate of drug-likeness (QED) is 0.619. The van der Waals surface area contributed by atoms with Crippen molar-refractivity contribution in [3.05, 3.63) is 65.0 Å². The highest BCUT2D eigenvalue weighted by Crippen LogP contribution is 2.28. The lowest BCUT2D eigenvalue weighted by Crippen LogP contribution is -2.29. The monoisotopic (exact) mass is 381 g/mol. The highest BCUT2D eigenvalue weighted by molar-refractivity contribution is 7.14. The number of hydrazine groups is 1. The van der Waals surface area contributed by atoms with Crippen molar-refractivity contribution in [2.75, 3.05) is 12.5 Å². The van der Waals surface area contributed by atoms with E-state index in [4.69, 9.17) is 4.74 Å². The van der Waals surface area contributed by atoms with Crippen LogP contribution in [0.15, 0.2) is 53.9 Å². The van der Waals surface area contributed by atoms with E-state index in [0.29, 0.717) is 16.4 Å². The molecule has 0 bridgehead atoms. The van der Waals surface area contributed by atoms with Crippen LogP contribution in [-0.2, 0) is 5.41 Å². The molecule has 0 saturated carbocycles. The normalized spacial score (nSPS) is 11.1. The van der Waals surface area contributed by atoms with Crippen molar-refractivity contribution in [3.63, 3.8) is 0 Å². The average molecular weight is 382 g/mol. The highest BCUT2D eigenvalue weighted by Gasteiger charge is 2.14. The van der Waals surface area contributed by atoms with Gasteiger partial charge in [0.25, 0.3) is 5.91 Å². The highest BCUT2D eigenvalue weighted by atomic mass is 32.1. The summed E-state index contributed by atoms with van der Waals surface area (Å²) in [6.07, 6.45) is 0. The molecule has 2 aromatic carbocycles. The molecule has 0 unspecified atom stereocenters. The fourth-order valence-electron chi connectivity index (χ4n) is 2.61. The van der Waals surface area contributed by atoms with Gasteiger partial charge in [-0.25, -0.2) is 4.98 Å². The fraction of sp³-hybridized carbons (Fsp3) is 0.238. The Kier molecular flexibility index (Phi) is 5.46. The Bertz CT molecular complexity index is 927. The topological polar surface area (TPSA) is 63.2 Å². The molecule has 1 amide bonds. The van der Waals surface area contributed by atoms with E-state index in [1.807, 2.05) is 11.4 Å². The number of hydrogen-bond acceptors (Lipinski definition) is 5. The first-order valence-corrected chi connectivity index (χ1v) is 9.52. The summed E-state index contributed by atoms with van der Waals surface area (Å²) in [6, 6.07) is 15.5. The number of anilines is 1. The molecule has 0 aliphatic heterocycles. The lowest BCUT2D eigenvalue weighted by Gasteiger charge is -2.18. The molecule has 3 rings (SSSR count).